The molecule has 1 N–H and O–H groups in total. The van der Waals surface area contributed by atoms with Crippen LogP contribution in [-0.2, 0) is 11.8 Å². The van der Waals surface area contributed by atoms with E-state index >= 15 is 0 Å². The molecule has 4 rings (SSSR count). The zero-order valence-corrected chi connectivity index (χ0v) is 16.8. The highest BCUT2D eigenvalue weighted by molar-refractivity contribution is 6.05. The zero-order valence-electron chi connectivity index (χ0n) is 16.8. The SMILES string of the molecule is COCCOc1ncccc1C(=O)Nc1ccc(-c2nc3ccccc3n2C)cc1. The number of amides is 1. The highest BCUT2D eigenvalue weighted by Gasteiger charge is 2.14. The molecule has 0 spiro atoms. The van der Waals surface area contributed by atoms with E-state index < -0.39 is 0 Å². The van der Waals surface area contributed by atoms with Gasteiger partial charge in [0, 0.05) is 31.6 Å². The van der Waals surface area contributed by atoms with Gasteiger partial charge in [-0.1, -0.05) is 12.1 Å². The first kappa shape index (κ1) is 19.6. The lowest BCUT2D eigenvalue weighted by molar-refractivity contribution is 0.101. The maximum Gasteiger partial charge on any atom is 0.261 e. The van der Waals surface area contributed by atoms with Crippen molar-refractivity contribution in [2.45, 2.75) is 0 Å². The molecule has 0 saturated carbocycles. The molecule has 0 saturated heterocycles. The lowest BCUT2D eigenvalue weighted by Crippen LogP contribution is -2.15. The number of anilines is 1. The number of fused-ring (bicyclic) bond motifs is 1. The van der Waals surface area contributed by atoms with Crippen LogP contribution >= 0.6 is 0 Å². The molecule has 2 aromatic heterocycles. The van der Waals surface area contributed by atoms with Gasteiger partial charge in [0.15, 0.2) is 0 Å². The number of imidazole rings is 1. The van der Waals surface area contributed by atoms with E-state index in [0.29, 0.717) is 24.5 Å². The van der Waals surface area contributed by atoms with E-state index in [1.807, 2.05) is 55.6 Å². The minimum absolute atomic E-state index is 0.281. The lowest BCUT2D eigenvalue weighted by atomic mass is 10.2. The van der Waals surface area contributed by atoms with Crippen molar-refractivity contribution >= 4 is 22.6 Å². The van der Waals surface area contributed by atoms with Gasteiger partial charge in [0.2, 0.25) is 5.88 Å². The van der Waals surface area contributed by atoms with Gasteiger partial charge in [-0.25, -0.2) is 9.97 Å². The van der Waals surface area contributed by atoms with Crippen molar-refractivity contribution < 1.29 is 14.3 Å². The van der Waals surface area contributed by atoms with Crippen LogP contribution in [0.15, 0.2) is 66.9 Å². The van der Waals surface area contributed by atoms with E-state index in [1.54, 1.807) is 25.4 Å². The lowest BCUT2D eigenvalue weighted by Gasteiger charge is -2.11. The van der Waals surface area contributed by atoms with Crippen molar-refractivity contribution in [3.63, 3.8) is 0 Å². The number of methoxy groups -OCH3 is 1. The summed E-state index contributed by atoms with van der Waals surface area (Å²) >= 11 is 0. The Morgan fingerprint density at radius 3 is 2.60 bits per heavy atom. The maximum absolute atomic E-state index is 12.7. The third-order valence-corrected chi connectivity index (χ3v) is 4.73. The van der Waals surface area contributed by atoms with Crippen molar-refractivity contribution in [2.24, 2.45) is 7.05 Å². The molecule has 0 radical (unpaired) electrons. The van der Waals surface area contributed by atoms with Crippen LogP contribution in [-0.4, -0.2) is 40.8 Å². The van der Waals surface area contributed by atoms with E-state index in [-0.39, 0.29) is 11.8 Å². The van der Waals surface area contributed by atoms with Crippen molar-refractivity contribution in [2.75, 3.05) is 25.6 Å². The van der Waals surface area contributed by atoms with Crippen molar-refractivity contribution in [1.29, 1.82) is 0 Å². The Morgan fingerprint density at radius 2 is 1.83 bits per heavy atom. The van der Waals surface area contributed by atoms with Crippen molar-refractivity contribution in [1.82, 2.24) is 14.5 Å². The molecule has 0 aliphatic carbocycles. The summed E-state index contributed by atoms with van der Waals surface area (Å²) in [5.74, 6) is 0.865. The molecule has 7 nitrogen and oxygen atoms in total. The van der Waals surface area contributed by atoms with Crippen LogP contribution in [0.1, 0.15) is 10.4 Å². The van der Waals surface area contributed by atoms with Gasteiger partial charge in [0.25, 0.3) is 5.91 Å². The predicted molar refractivity (Wildman–Crippen MR) is 116 cm³/mol. The molecule has 1 amide bonds. The number of hydrogen-bond acceptors (Lipinski definition) is 5. The highest BCUT2D eigenvalue weighted by Crippen LogP contribution is 2.25. The fraction of sp³-hybridized carbons (Fsp3) is 0.174. The molecule has 4 aromatic rings. The molecule has 0 atom stereocenters. The number of carbonyl (C=O) groups excluding carboxylic acids is 1. The van der Waals surface area contributed by atoms with E-state index in [9.17, 15) is 4.79 Å². The van der Waals surface area contributed by atoms with Crippen LogP contribution in [0.25, 0.3) is 22.4 Å². The van der Waals surface area contributed by atoms with E-state index in [4.69, 9.17) is 14.5 Å². The fourth-order valence-corrected chi connectivity index (χ4v) is 3.21. The second kappa shape index (κ2) is 8.75. The number of pyridine rings is 1. The Labute approximate surface area is 174 Å². The number of carbonyl (C=O) groups is 1. The quantitative estimate of drug-likeness (QED) is 0.474. The first-order valence-corrected chi connectivity index (χ1v) is 9.57. The molecule has 0 unspecified atom stereocenters. The molecule has 7 heteroatoms. The van der Waals surface area contributed by atoms with Gasteiger partial charge in [-0.2, -0.15) is 0 Å². The number of ether oxygens (including phenoxy) is 2. The average Bonchev–Trinajstić information content (AvgIpc) is 3.11. The van der Waals surface area contributed by atoms with Gasteiger partial charge in [0.05, 0.1) is 17.6 Å². The zero-order chi connectivity index (χ0) is 20.9. The highest BCUT2D eigenvalue weighted by atomic mass is 16.5. The minimum Gasteiger partial charge on any atom is -0.475 e. The summed E-state index contributed by atoms with van der Waals surface area (Å²) in [4.78, 5) is 21.6. The molecule has 0 fully saturated rings. The van der Waals surface area contributed by atoms with Gasteiger partial charge in [-0.3, -0.25) is 4.79 Å². The smallest absolute Gasteiger partial charge is 0.261 e. The summed E-state index contributed by atoms with van der Waals surface area (Å²) in [5, 5.41) is 2.89. The Kier molecular flexibility index (Phi) is 5.72. The minimum atomic E-state index is -0.286. The second-order valence-corrected chi connectivity index (χ2v) is 6.71. The van der Waals surface area contributed by atoms with Gasteiger partial charge in [-0.15, -0.1) is 0 Å². The number of aromatic nitrogens is 3. The third kappa shape index (κ3) is 4.01. The molecule has 30 heavy (non-hydrogen) atoms. The van der Waals surface area contributed by atoms with Crippen molar-refractivity contribution in [3.8, 4) is 17.3 Å². The first-order valence-electron chi connectivity index (χ1n) is 9.57. The van der Waals surface area contributed by atoms with E-state index in [1.165, 1.54) is 0 Å². The Morgan fingerprint density at radius 1 is 1.03 bits per heavy atom. The summed E-state index contributed by atoms with van der Waals surface area (Å²) in [6, 6.07) is 19.0. The van der Waals surface area contributed by atoms with Gasteiger partial charge >= 0.3 is 0 Å². The first-order chi connectivity index (χ1) is 14.7. The number of rotatable bonds is 7. The topological polar surface area (TPSA) is 78.3 Å². The molecule has 2 heterocycles. The third-order valence-electron chi connectivity index (χ3n) is 4.73. The maximum atomic E-state index is 12.7. The van der Waals surface area contributed by atoms with Crippen LogP contribution in [0.3, 0.4) is 0 Å². The second-order valence-electron chi connectivity index (χ2n) is 6.71. The van der Waals surface area contributed by atoms with E-state index in [2.05, 4.69) is 14.9 Å². The van der Waals surface area contributed by atoms with Gasteiger partial charge in [-0.05, 0) is 48.5 Å². The summed E-state index contributed by atoms with van der Waals surface area (Å²) in [5.41, 5.74) is 4.03. The number of para-hydroxylation sites is 2. The molecular weight excluding hydrogens is 380 g/mol. The van der Waals surface area contributed by atoms with E-state index in [0.717, 1.165) is 22.4 Å². The Hall–Kier alpha value is -3.71. The van der Waals surface area contributed by atoms with Crippen molar-refractivity contribution in [3.05, 3.63) is 72.4 Å². The summed E-state index contributed by atoms with van der Waals surface area (Å²) in [6.07, 6.45) is 1.59. The Balaban J connectivity index is 1.51. The predicted octanol–water partition coefficient (Wildman–Crippen LogP) is 3.91. The molecule has 152 valence electrons. The number of nitrogens with one attached hydrogen (secondary N) is 1. The number of nitrogens with zero attached hydrogens (tertiary/aromatic N) is 3. The molecule has 0 bridgehead atoms. The molecule has 2 aromatic carbocycles. The summed E-state index contributed by atoms with van der Waals surface area (Å²) in [6.45, 7) is 0.738. The van der Waals surface area contributed by atoms with Crippen LogP contribution in [0, 0.1) is 0 Å². The van der Waals surface area contributed by atoms with Crippen LogP contribution < -0.4 is 10.1 Å². The molecular formula is C23H22N4O3. The van der Waals surface area contributed by atoms with Gasteiger partial charge < -0.3 is 19.4 Å². The normalized spacial score (nSPS) is 10.9. The largest absolute Gasteiger partial charge is 0.475 e. The summed E-state index contributed by atoms with van der Waals surface area (Å²) < 4.78 is 12.6. The van der Waals surface area contributed by atoms with Gasteiger partial charge in [0.1, 0.15) is 18.0 Å². The molecule has 0 aliphatic heterocycles. The van der Waals surface area contributed by atoms with Crippen LogP contribution in [0.5, 0.6) is 5.88 Å². The van der Waals surface area contributed by atoms with Crippen LogP contribution in [0.4, 0.5) is 5.69 Å². The Bertz CT molecular complexity index is 1170. The fourth-order valence-electron chi connectivity index (χ4n) is 3.21. The van der Waals surface area contributed by atoms with Crippen LogP contribution in [0.2, 0.25) is 0 Å². The number of aryl methyl sites for hydroxylation is 1. The molecule has 0 aliphatic rings. The number of hydrogen-bond donors (Lipinski definition) is 1. The number of benzene rings is 2. The average molecular weight is 402 g/mol. The standard InChI is InChI=1S/C23H22N4O3/c1-27-20-8-4-3-7-19(20)26-21(27)16-9-11-17(12-10-16)25-22(28)18-6-5-13-24-23(18)30-15-14-29-2/h3-13H,14-15H2,1-2H3,(H,25,28). The summed E-state index contributed by atoms with van der Waals surface area (Å²) in [7, 11) is 3.58. The monoisotopic (exact) mass is 402 g/mol.